The summed E-state index contributed by atoms with van der Waals surface area (Å²) in [5, 5.41) is 0. The summed E-state index contributed by atoms with van der Waals surface area (Å²) in [4.78, 5) is 15.2. The fraction of sp³-hybridized carbons (Fsp3) is 0.292. The molecule has 0 N–H and O–H groups in total. The van der Waals surface area contributed by atoms with Gasteiger partial charge in [0, 0.05) is 14.1 Å². The Hall–Kier alpha value is -2.75. The fourth-order valence-electron chi connectivity index (χ4n) is 3.52. The van der Waals surface area contributed by atoms with Crippen molar-refractivity contribution in [3.05, 3.63) is 94.8 Å². The minimum absolute atomic E-state index is 0.173. The van der Waals surface area contributed by atoms with Crippen molar-refractivity contribution in [3.63, 3.8) is 0 Å². The summed E-state index contributed by atoms with van der Waals surface area (Å²) in [6.45, 7) is 3.29. The van der Waals surface area contributed by atoms with E-state index in [0.29, 0.717) is 17.6 Å². The van der Waals surface area contributed by atoms with Crippen molar-refractivity contribution in [2.24, 2.45) is 0 Å². The van der Waals surface area contributed by atoms with Crippen molar-refractivity contribution in [2.75, 3.05) is 20.8 Å². The molecule has 2 nitrogen and oxygen atoms in total. The maximum absolute atomic E-state index is 13.7. The van der Waals surface area contributed by atoms with Crippen LogP contribution < -0.4 is 0 Å². The number of hydrogen-bond acceptors (Lipinski definition) is 1. The predicted molar refractivity (Wildman–Crippen MR) is 111 cm³/mol. The van der Waals surface area contributed by atoms with Crippen LogP contribution in [0.1, 0.15) is 30.0 Å². The molecule has 4 heteroatoms. The average Bonchev–Trinajstić information content (AvgIpc) is 2.67. The molecule has 1 atom stereocenters. The highest BCUT2D eigenvalue weighted by molar-refractivity contribution is 5.96. The number of alkyl halides is 1. The molecule has 0 heterocycles. The number of likely N-dealkylation sites (N-methyl/N-ethyl adjacent to an activating group) is 1. The van der Waals surface area contributed by atoms with Gasteiger partial charge in [0.05, 0.1) is 0 Å². The molecule has 0 spiro atoms. The van der Waals surface area contributed by atoms with E-state index in [0.717, 1.165) is 11.1 Å². The molecule has 0 aliphatic carbocycles. The van der Waals surface area contributed by atoms with Crippen LogP contribution in [0.5, 0.6) is 0 Å². The molecule has 2 rings (SSSR count). The SMILES string of the molecule is CC/C=C(\C=C/CF)C(C(=O)N(C)C)(c1ccc(F)cc1)c1cccc(C)c1. The highest BCUT2D eigenvalue weighted by atomic mass is 19.1. The molecule has 0 saturated carbocycles. The number of benzene rings is 2. The summed E-state index contributed by atoms with van der Waals surface area (Å²) in [5.41, 5.74) is 1.87. The smallest absolute Gasteiger partial charge is 0.241 e. The van der Waals surface area contributed by atoms with Gasteiger partial charge in [-0.25, -0.2) is 8.78 Å². The van der Waals surface area contributed by atoms with E-state index in [1.54, 1.807) is 32.3 Å². The molecule has 0 aliphatic rings. The number of nitrogens with zero attached hydrogens (tertiary/aromatic N) is 1. The third-order valence-corrected chi connectivity index (χ3v) is 4.70. The highest BCUT2D eigenvalue weighted by Gasteiger charge is 2.45. The van der Waals surface area contributed by atoms with Crippen LogP contribution in [0.4, 0.5) is 8.78 Å². The third kappa shape index (κ3) is 4.22. The van der Waals surface area contributed by atoms with Gasteiger partial charge in [0.2, 0.25) is 5.91 Å². The van der Waals surface area contributed by atoms with Gasteiger partial charge in [0.1, 0.15) is 17.9 Å². The minimum Gasteiger partial charge on any atom is -0.347 e. The lowest BCUT2D eigenvalue weighted by Gasteiger charge is -2.37. The summed E-state index contributed by atoms with van der Waals surface area (Å²) in [6, 6.07) is 13.7. The molecule has 2 aromatic carbocycles. The summed E-state index contributed by atoms with van der Waals surface area (Å²) in [5.74, 6) is -0.549. The number of aryl methyl sites for hydroxylation is 1. The fourth-order valence-corrected chi connectivity index (χ4v) is 3.52. The molecule has 0 bridgehead atoms. The maximum atomic E-state index is 13.7. The zero-order chi connectivity index (χ0) is 20.7. The molecule has 148 valence electrons. The van der Waals surface area contributed by atoms with E-state index in [1.165, 1.54) is 23.1 Å². The van der Waals surface area contributed by atoms with Crippen LogP contribution in [-0.4, -0.2) is 31.6 Å². The first-order chi connectivity index (χ1) is 13.4. The number of hydrogen-bond donors (Lipinski definition) is 0. The van der Waals surface area contributed by atoms with Crippen molar-refractivity contribution >= 4 is 5.91 Å². The number of rotatable bonds is 7. The Labute approximate surface area is 166 Å². The number of allylic oxidation sites excluding steroid dienone is 3. The number of carbonyl (C=O) groups is 1. The first-order valence-corrected chi connectivity index (χ1v) is 9.36. The van der Waals surface area contributed by atoms with Crippen LogP contribution in [0, 0.1) is 12.7 Å². The second-order valence-electron chi connectivity index (χ2n) is 6.95. The van der Waals surface area contributed by atoms with E-state index < -0.39 is 12.1 Å². The molecule has 1 amide bonds. The Balaban J connectivity index is 2.97. The van der Waals surface area contributed by atoms with E-state index in [1.807, 2.05) is 44.2 Å². The van der Waals surface area contributed by atoms with Crippen LogP contribution in [0.2, 0.25) is 0 Å². The van der Waals surface area contributed by atoms with E-state index in [4.69, 9.17) is 0 Å². The molecular weight excluding hydrogens is 356 g/mol. The summed E-state index contributed by atoms with van der Waals surface area (Å²) in [6.07, 6.45) is 5.66. The van der Waals surface area contributed by atoms with Gasteiger partial charge in [-0.1, -0.05) is 67.1 Å². The monoisotopic (exact) mass is 383 g/mol. The number of amides is 1. The largest absolute Gasteiger partial charge is 0.347 e. The zero-order valence-electron chi connectivity index (χ0n) is 16.9. The lowest BCUT2D eigenvalue weighted by Crippen LogP contribution is -2.46. The van der Waals surface area contributed by atoms with Crippen LogP contribution in [-0.2, 0) is 10.2 Å². The van der Waals surface area contributed by atoms with Crippen molar-refractivity contribution in [1.29, 1.82) is 0 Å². The van der Waals surface area contributed by atoms with Gasteiger partial charge in [-0.3, -0.25) is 4.79 Å². The Morgan fingerprint density at radius 3 is 2.32 bits per heavy atom. The lowest BCUT2D eigenvalue weighted by molar-refractivity contribution is -0.132. The third-order valence-electron chi connectivity index (χ3n) is 4.70. The van der Waals surface area contributed by atoms with E-state index in [-0.39, 0.29) is 11.7 Å². The summed E-state index contributed by atoms with van der Waals surface area (Å²) >= 11 is 0. The number of carbonyl (C=O) groups excluding carboxylic acids is 1. The van der Waals surface area contributed by atoms with Gasteiger partial charge in [-0.15, -0.1) is 0 Å². The van der Waals surface area contributed by atoms with Crippen LogP contribution in [0.15, 0.2) is 72.3 Å². The molecule has 0 saturated heterocycles. The van der Waals surface area contributed by atoms with Crippen LogP contribution >= 0.6 is 0 Å². The van der Waals surface area contributed by atoms with E-state index >= 15 is 0 Å². The van der Waals surface area contributed by atoms with Crippen molar-refractivity contribution in [2.45, 2.75) is 25.7 Å². The molecule has 2 aromatic rings. The quantitative estimate of drug-likeness (QED) is 0.589. The van der Waals surface area contributed by atoms with Crippen molar-refractivity contribution in [3.8, 4) is 0 Å². The molecule has 0 radical (unpaired) electrons. The molecular formula is C24H27F2NO. The van der Waals surface area contributed by atoms with E-state index in [9.17, 15) is 13.6 Å². The number of halogens is 2. The molecule has 0 aliphatic heterocycles. The second-order valence-corrected chi connectivity index (χ2v) is 6.95. The molecule has 0 fully saturated rings. The Morgan fingerprint density at radius 1 is 1.11 bits per heavy atom. The van der Waals surface area contributed by atoms with E-state index in [2.05, 4.69) is 0 Å². The minimum atomic E-state index is -1.20. The van der Waals surface area contributed by atoms with Gasteiger partial charge in [0.25, 0.3) is 0 Å². The van der Waals surface area contributed by atoms with Gasteiger partial charge in [0.15, 0.2) is 0 Å². The zero-order valence-corrected chi connectivity index (χ0v) is 16.9. The van der Waals surface area contributed by atoms with Crippen molar-refractivity contribution < 1.29 is 13.6 Å². The first-order valence-electron chi connectivity index (χ1n) is 9.36. The molecule has 1 unspecified atom stereocenters. The average molecular weight is 383 g/mol. The lowest BCUT2D eigenvalue weighted by atomic mass is 9.67. The predicted octanol–water partition coefficient (Wildman–Crippen LogP) is 5.37. The second kappa shape index (κ2) is 9.45. The van der Waals surface area contributed by atoms with Gasteiger partial charge < -0.3 is 4.90 Å². The van der Waals surface area contributed by atoms with Gasteiger partial charge >= 0.3 is 0 Å². The Morgan fingerprint density at radius 2 is 1.79 bits per heavy atom. The highest BCUT2D eigenvalue weighted by Crippen LogP contribution is 2.42. The Kier molecular flexibility index (Phi) is 7.27. The maximum Gasteiger partial charge on any atom is 0.241 e. The summed E-state index contributed by atoms with van der Waals surface area (Å²) in [7, 11) is 3.39. The van der Waals surface area contributed by atoms with Gasteiger partial charge in [-0.2, -0.15) is 0 Å². The van der Waals surface area contributed by atoms with Crippen molar-refractivity contribution in [1.82, 2.24) is 4.90 Å². The molecule has 0 aromatic heterocycles. The van der Waals surface area contributed by atoms with Crippen LogP contribution in [0.25, 0.3) is 0 Å². The topological polar surface area (TPSA) is 20.3 Å². The standard InChI is InChI=1S/C24H27F2NO/c1-5-8-19(11-7-16-25)24(23(28)27(3)4,20-12-14-22(26)15-13-20)21-10-6-9-18(2)17-21/h6-15,17H,5,16H2,1-4H3/b11-7-,19-8+. The Bertz CT molecular complexity index is 868. The molecule has 28 heavy (non-hydrogen) atoms. The normalized spacial score (nSPS) is 14.1. The van der Waals surface area contributed by atoms with Gasteiger partial charge in [-0.05, 0) is 42.2 Å². The first kappa shape index (κ1) is 21.5. The van der Waals surface area contributed by atoms with Crippen LogP contribution in [0.3, 0.4) is 0 Å². The summed E-state index contributed by atoms with van der Waals surface area (Å²) < 4.78 is 26.7.